The average Bonchev–Trinajstić information content (AvgIpc) is 3.42. The highest BCUT2D eigenvalue weighted by Gasteiger charge is 2.30. The van der Waals surface area contributed by atoms with Crippen molar-refractivity contribution in [2.24, 2.45) is 11.7 Å². The largest absolute Gasteiger partial charge is 0.368 e. The molecule has 4 rings (SSSR count). The molecule has 1 saturated carbocycles. The van der Waals surface area contributed by atoms with Gasteiger partial charge in [-0.1, -0.05) is 49.2 Å². The number of nitrogens with zero attached hydrogens (tertiary/aromatic N) is 1. The number of aromatic nitrogens is 1. The highest BCUT2D eigenvalue weighted by atomic mass is 16.2. The fourth-order valence-corrected chi connectivity index (χ4v) is 3.25. The first-order valence-corrected chi connectivity index (χ1v) is 8.51. The molecule has 5 heteroatoms. The van der Waals surface area contributed by atoms with Crippen molar-refractivity contribution in [1.29, 1.82) is 0 Å². The van der Waals surface area contributed by atoms with Crippen molar-refractivity contribution in [3.8, 4) is 0 Å². The van der Waals surface area contributed by atoms with Gasteiger partial charge in [-0.25, -0.2) is 4.98 Å². The molecule has 0 radical (unpaired) electrons. The molecule has 3 N–H and O–H groups in total. The smallest absolute Gasteiger partial charge is 0.253 e. The van der Waals surface area contributed by atoms with Crippen LogP contribution in [0, 0.1) is 5.92 Å². The SMILES string of the molecule is NC(=O)[C@@H](CC1CC1)NC(=O)c1c2ccccc2nc2ccccc12. The van der Waals surface area contributed by atoms with Crippen molar-refractivity contribution in [2.45, 2.75) is 25.3 Å². The molecule has 1 aliphatic carbocycles. The molecule has 1 atom stereocenters. The molecule has 2 amide bonds. The zero-order chi connectivity index (χ0) is 17.4. The molecule has 1 heterocycles. The van der Waals surface area contributed by atoms with Gasteiger partial charge < -0.3 is 11.1 Å². The molecule has 25 heavy (non-hydrogen) atoms. The summed E-state index contributed by atoms with van der Waals surface area (Å²) in [6.07, 6.45) is 2.81. The lowest BCUT2D eigenvalue weighted by Gasteiger charge is -2.17. The second kappa shape index (κ2) is 6.16. The lowest BCUT2D eigenvalue weighted by molar-refractivity contribution is -0.120. The van der Waals surface area contributed by atoms with Crippen LogP contribution in [-0.4, -0.2) is 22.8 Å². The highest BCUT2D eigenvalue weighted by molar-refractivity contribution is 6.16. The van der Waals surface area contributed by atoms with E-state index in [0.29, 0.717) is 17.9 Å². The number of fused-ring (bicyclic) bond motifs is 2. The number of hydrogen-bond donors (Lipinski definition) is 2. The predicted molar refractivity (Wildman–Crippen MR) is 97.0 cm³/mol. The van der Waals surface area contributed by atoms with E-state index < -0.39 is 11.9 Å². The second-order valence-corrected chi connectivity index (χ2v) is 6.63. The summed E-state index contributed by atoms with van der Waals surface area (Å²) in [5, 5.41) is 4.39. The third kappa shape index (κ3) is 3.05. The molecule has 0 bridgehead atoms. The van der Waals surface area contributed by atoms with Crippen LogP contribution in [0.1, 0.15) is 29.6 Å². The standard InChI is InChI=1S/C20H19N3O2/c21-19(24)17(11-12-9-10-12)23-20(25)18-13-5-1-3-7-15(13)22-16-8-4-2-6-14(16)18/h1-8,12,17H,9-11H2,(H2,21,24)(H,23,25)/t17-/m1/s1. The molecule has 126 valence electrons. The Labute approximate surface area is 145 Å². The first-order valence-electron chi connectivity index (χ1n) is 8.51. The molecule has 5 nitrogen and oxygen atoms in total. The Morgan fingerprint density at radius 1 is 1.04 bits per heavy atom. The van der Waals surface area contributed by atoms with E-state index in [2.05, 4.69) is 10.3 Å². The normalized spacial score (nSPS) is 15.2. The number of hydrogen-bond acceptors (Lipinski definition) is 3. The van der Waals surface area contributed by atoms with Crippen molar-refractivity contribution in [2.75, 3.05) is 0 Å². The van der Waals surface area contributed by atoms with Gasteiger partial charge in [0.05, 0.1) is 16.6 Å². The minimum atomic E-state index is -0.634. The zero-order valence-corrected chi connectivity index (χ0v) is 13.7. The lowest BCUT2D eigenvalue weighted by atomic mass is 10.0. The van der Waals surface area contributed by atoms with E-state index >= 15 is 0 Å². The zero-order valence-electron chi connectivity index (χ0n) is 13.7. The number of benzene rings is 2. The van der Waals surface area contributed by atoms with Crippen LogP contribution in [-0.2, 0) is 4.79 Å². The number of rotatable bonds is 5. The van der Waals surface area contributed by atoms with Crippen molar-refractivity contribution in [1.82, 2.24) is 10.3 Å². The summed E-state index contributed by atoms with van der Waals surface area (Å²) in [5.74, 6) is -0.272. The molecule has 0 aliphatic heterocycles. The first kappa shape index (κ1) is 15.6. The molecular formula is C20H19N3O2. The Morgan fingerprint density at radius 2 is 1.60 bits per heavy atom. The van der Waals surface area contributed by atoms with Gasteiger partial charge in [-0.2, -0.15) is 0 Å². The van der Waals surface area contributed by atoms with Gasteiger partial charge in [0.2, 0.25) is 5.91 Å². The third-order valence-electron chi connectivity index (χ3n) is 4.73. The van der Waals surface area contributed by atoms with Crippen molar-refractivity contribution < 1.29 is 9.59 Å². The Hall–Kier alpha value is -2.95. The molecular weight excluding hydrogens is 314 g/mol. The molecule has 0 saturated heterocycles. The maximum Gasteiger partial charge on any atom is 0.253 e. The van der Waals surface area contributed by atoms with Gasteiger partial charge in [0.1, 0.15) is 6.04 Å². The Morgan fingerprint density at radius 3 is 2.12 bits per heavy atom. The van der Waals surface area contributed by atoms with Gasteiger partial charge in [0.25, 0.3) is 5.91 Å². The maximum atomic E-state index is 13.0. The van der Waals surface area contributed by atoms with E-state index in [1.165, 1.54) is 0 Å². The van der Waals surface area contributed by atoms with Crippen molar-refractivity contribution in [3.63, 3.8) is 0 Å². The van der Waals surface area contributed by atoms with Crippen LogP contribution in [0.4, 0.5) is 0 Å². The number of nitrogens with two attached hydrogens (primary N) is 1. The van der Waals surface area contributed by atoms with Crippen LogP contribution in [0.5, 0.6) is 0 Å². The van der Waals surface area contributed by atoms with Gasteiger partial charge in [0, 0.05) is 10.8 Å². The monoisotopic (exact) mass is 333 g/mol. The number of para-hydroxylation sites is 2. The number of nitrogens with one attached hydrogen (secondary N) is 1. The second-order valence-electron chi connectivity index (χ2n) is 6.63. The minimum absolute atomic E-state index is 0.278. The van der Waals surface area contributed by atoms with Gasteiger partial charge in [-0.15, -0.1) is 0 Å². The fourth-order valence-electron chi connectivity index (χ4n) is 3.25. The average molecular weight is 333 g/mol. The fraction of sp³-hybridized carbons (Fsp3) is 0.250. The quantitative estimate of drug-likeness (QED) is 0.704. The Balaban J connectivity index is 1.79. The summed E-state index contributed by atoms with van der Waals surface area (Å²) < 4.78 is 0. The van der Waals surface area contributed by atoms with Gasteiger partial charge in [-0.3, -0.25) is 9.59 Å². The van der Waals surface area contributed by atoms with Gasteiger partial charge >= 0.3 is 0 Å². The van der Waals surface area contributed by atoms with Crippen LogP contribution in [0.3, 0.4) is 0 Å². The Kier molecular flexibility index (Phi) is 3.84. The molecule has 1 aliphatic rings. The van der Waals surface area contributed by atoms with E-state index in [1.54, 1.807) is 0 Å². The van der Waals surface area contributed by atoms with Gasteiger partial charge in [0.15, 0.2) is 0 Å². The van der Waals surface area contributed by atoms with E-state index in [9.17, 15) is 9.59 Å². The summed E-state index contributed by atoms with van der Waals surface area (Å²) in [6.45, 7) is 0. The molecule has 1 aromatic heterocycles. The number of amides is 2. The third-order valence-corrected chi connectivity index (χ3v) is 4.73. The van der Waals surface area contributed by atoms with Gasteiger partial charge in [-0.05, 0) is 24.5 Å². The van der Waals surface area contributed by atoms with Crippen LogP contribution < -0.4 is 11.1 Å². The van der Waals surface area contributed by atoms with E-state index in [0.717, 1.165) is 34.6 Å². The number of pyridine rings is 1. The predicted octanol–water partition coefficient (Wildman–Crippen LogP) is 2.77. The highest BCUT2D eigenvalue weighted by Crippen LogP contribution is 2.33. The number of carbonyl (C=O) groups excluding carboxylic acids is 2. The summed E-state index contributed by atoms with van der Waals surface area (Å²) >= 11 is 0. The minimum Gasteiger partial charge on any atom is -0.368 e. The lowest BCUT2D eigenvalue weighted by Crippen LogP contribution is -2.44. The van der Waals surface area contributed by atoms with Crippen LogP contribution >= 0.6 is 0 Å². The molecule has 0 spiro atoms. The van der Waals surface area contributed by atoms with E-state index in [-0.39, 0.29) is 5.91 Å². The topological polar surface area (TPSA) is 85.1 Å². The summed E-state index contributed by atoms with van der Waals surface area (Å²) in [7, 11) is 0. The summed E-state index contributed by atoms with van der Waals surface area (Å²) in [4.78, 5) is 29.4. The van der Waals surface area contributed by atoms with E-state index in [4.69, 9.17) is 5.73 Å². The maximum absolute atomic E-state index is 13.0. The number of carbonyl (C=O) groups is 2. The first-order chi connectivity index (χ1) is 12.1. The van der Waals surface area contributed by atoms with Crippen LogP contribution in [0.25, 0.3) is 21.8 Å². The van der Waals surface area contributed by atoms with Crippen LogP contribution in [0.15, 0.2) is 48.5 Å². The molecule has 0 unspecified atom stereocenters. The number of primary amides is 1. The van der Waals surface area contributed by atoms with E-state index in [1.807, 2.05) is 48.5 Å². The van der Waals surface area contributed by atoms with Crippen molar-refractivity contribution in [3.05, 3.63) is 54.1 Å². The molecule has 3 aromatic rings. The Bertz CT molecular complexity index is 925. The molecule has 2 aromatic carbocycles. The summed E-state index contributed by atoms with van der Waals surface area (Å²) in [6, 6.07) is 14.4. The summed E-state index contributed by atoms with van der Waals surface area (Å²) in [5.41, 5.74) is 7.55. The van der Waals surface area contributed by atoms with Crippen LogP contribution in [0.2, 0.25) is 0 Å². The van der Waals surface area contributed by atoms with Crippen molar-refractivity contribution >= 4 is 33.6 Å². The molecule has 1 fully saturated rings.